The van der Waals surface area contributed by atoms with Crippen LogP contribution in [0.15, 0.2) is 164 Å². The first-order valence-corrected chi connectivity index (χ1v) is 17.5. The summed E-state index contributed by atoms with van der Waals surface area (Å²) < 4.78 is 0. The molecule has 0 saturated heterocycles. The zero-order chi connectivity index (χ0) is 34.1. The van der Waals surface area contributed by atoms with Crippen LogP contribution in [0.4, 0.5) is 0 Å². The van der Waals surface area contributed by atoms with Crippen molar-refractivity contribution >= 4 is 32.7 Å². The molecule has 3 heteroatoms. The van der Waals surface area contributed by atoms with Crippen molar-refractivity contribution in [1.29, 1.82) is 0 Å². The van der Waals surface area contributed by atoms with E-state index >= 15 is 0 Å². The molecule has 0 amide bonds. The van der Waals surface area contributed by atoms with Gasteiger partial charge >= 0.3 is 0 Å². The second-order valence-corrected chi connectivity index (χ2v) is 14.1. The van der Waals surface area contributed by atoms with Gasteiger partial charge in [0.05, 0.1) is 22.2 Å². The molecule has 0 radical (unpaired) electrons. The van der Waals surface area contributed by atoms with Gasteiger partial charge in [-0.1, -0.05) is 105 Å². The standard InChI is InChI=1S/C48H33N3/c1-48(2)41-13-5-3-11-39(41)47-46(48)45(40-12-4-6-14-44(40)51-47)31-17-15-30(16-18-31)36-27-37(32-19-21-42-34(25-32)9-7-23-49-42)29-38(28-36)33-20-22-43-35(26-33)10-8-24-50-43/h3-29H,1-2H3. The van der Waals surface area contributed by atoms with Gasteiger partial charge in [0.15, 0.2) is 0 Å². The van der Waals surface area contributed by atoms with Crippen molar-refractivity contribution < 1.29 is 0 Å². The molecule has 9 aromatic rings. The molecule has 3 heterocycles. The summed E-state index contributed by atoms with van der Waals surface area (Å²) in [6.45, 7) is 4.68. The lowest BCUT2D eigenvalue weighted by Gasteiger charge is -2.25. The van der Waals surface area contributed by atoms with Gasteiger partial charge in [0.1, 0.15) is 0 Å². The summed E-state index contributed by atoms with van der Waals surface area (Å²) in [6, 6.07) is 54.8. The number of nitrogens with zero attached hydrogens (tertiary/aromatic N) is 3. The Kier molecular flexibility index (Phi) is 6.53. The van der Waals surface area contributed by atoms with Gasteiger partial charge in [0.2, 0.25) is 0 Å². The van der Waals surface area contributed by atoms with Crippen LogP contribution in [0.1, 0.15) is 25.0 Å². The van der Waals surface area contributed by atoms with Crippen LogP contribution in [0, 0.1) is 0 Å². The topological polar surface area (TPSA) is 38.7 Å². The van der Waals surface area contributed by atoms with E-state index in [1.165, 1.54) is 66.6 Å². The van der Waals surface area contributed by atoms with Gasteiger partial charge in [-0.25, -0.2) is 4.98 Å². The smallest absolute Gasteiger partial charge is 0.0759 e. The van der Waals surface area contributed by atoms with Gasteiger partial charge in [0, 0.05) is 39.5 Å². The second-order valence-electron chi connectivity index (χ2n) is 14.1. The lowest BCUT2D eigenvalue weighted by Crippen LogP contribution is -2.16. The molecule has 3 nitrogen and oxygen atoms in total. The van der Waals surface area contributed by atoms with E-state index in [1.54, 1.807) is 0 Å². The maximum Gasteiger partial charge on any atom is 0.0759 e. The molecule has 1 aliphatic rings. The Bertz CT molecular complexity index is 2730. The fourth-order valence-corrected chi connectivity index (χ4v) is 8.15. The maximum atomic E-state index is 5.25. The van der Waals surface area contributed by atoms with E-state index in [-0.39, 0.29) is 5.41 Å². The number of hydrogen-bond acceptors (Lipinski definition) is 3. The van der Waals surface area contributed by atoms with Crippen molar-refractivity contribution in [3.05, 3.63) is 175 Å². The molecule has 51 heavy (non-hydrogen) atoms. The summed E-state index contributed by atoms with van der Waals surface area (Å²) in [5.74, 6) is 0. The molecule has 10 rings (SSSR count). The highest BCUT2D eigenvalue weighted by Crippen LogP contribution is 2.53. The van der Waals surface area contributed by atoms with Crippen molar-refractivity contribution in [3.8, 4) is 55.8 Å². The molecule has 240 valence electrons. The number of fused-ring (bicyclic) bond motifs is 6. The fraction of sp³-hybridized carbons (Fsp3) is 0.0625. The molecule has 0 spiro atoms. The normalized spacial score (nSPS) is 13.1. The minimum absolute atomic E-state index is 0.176. The third-order valence-corrected chi connectivity index (χ3v) is 10.7. The molecular weight excluding hydrogens is 619 g/mol. The predicted octanol–water partition coefficient (Wildman–Crippen LogP) is 12.3. The van der Waals surface area contributed by atoms with E-state index in [2.05, 4.69) is 163 Å². The van der Waals surface area contributed by atoms with Crippen LogP contribution >= 0.6 is 0 Å². The Labute approximate surface area is 297 Å². The number of rotatable bonds is 4. The number of para-hydroxylation sites is 1. The van der Waals surface area contributed by atoms with Gasteiger partial charge in [0.25, 0.3) is 0 Å². The van der Waals surface area contributed by atoms with E-state index in [9.17, 15) is 0 Å². The van der Waals surface area contributed by atoms with E-state index in [1.807, 2.05) is 24.5 Å². The minimum atomic E-state index is -0.176. The highest BCUT2D eigenvalue weighted by Gasteiger charge is 2.39. The molecular formula is C48H33N3. The molecule has 0 saturated carbocycles. The van der Waals surface area contributed by atoms with Crippen LogP contribution in [0.5, 0.6) is 0 Å². The van der Waals surface area contributed by atoms with Crippen molar-refractivity contribution in [2.24, 2.45) is 0 Å². The van der Waals surface area contributed by atoms with Crippen LogP contribution in [-0.2, 0) is 5.41 Å². The summed E-state index contributed by atoms with van der Waals surface area (Å²) >= 11 is 0. The zero-order valence-corrected chi connectivity index (χ0v) is 28.4. The maximum absolute atomic E-state index is 5.25. The third kappa shape index (κ3) is 4.77. The number of benzene rings is 6. The second kappa shape index (κ2) is 11.3. The lowest BCUT2D eigenvalue weighted by atomic mass is 9.78. The quantitative estimate of drug-likeness (QED) is 0.190. The lowest BCUT2D eigenvalue weighted by molar-refractivity contribution is 0.662. The molecule has 6 aromatic carbocycles. The van der Waals surface area contributed by atoms with Gasteiger partial charge in [-0.05, 0) is 116 Å². The Hall–Kier alpha value is -6.45. The summed E-state index contributed by atoms with van der Waals surface area (Å²) in [5.41, 5.74) is 17.3. The monoisotopic (exact) mass is 651 g/mol. The Morgan fingerprint density at radius 2 is 0.980 bits per heavy atom. The van der Waals surface area contributed by atoms with Gasteiger partial charge in [-0.15, -0.1) is 0 Å². The molecule has 0 aliphatic heterocycles. The number of hydrogen-bond donors (Lipinski definition) is 0. The molecule has 0 unspecified atom stereocenters. The average molecular weight is 652 g/mol. The largest absolute Gasteiger partial charge is 0.256 e. The first kappa shape index (κ1) is 29.5. The average Bonchev–Trinajstić information content (AvgIpc) is 3.42. The number of pyridine rings is 3. The van der Waals surface area contributed by atoms with Crippen LogP contribution in [0.25, 0.3) is 88.5 Å². The van der Waals surface area contributed by atoms with Crippen molar-refractivity contribution in [1.82, 2.24) is 15.0 Å². The zero-order valence-electron chi connectivity index (χ0n) is 28.4. The molecule has 0 bridgehead atoms. The summed E-state index contributed by atoms with van der Waals surface area (Å²) in [5, 5.41) is 3.45. The fourth-order valence-electron chi connectivity index (χ4n) is 8.15. The summed E-state index contributed by atoms with van der Waals surface area (Å²) in [7, 11) is 0. The van der Waals surface area contributed by atoms with E-state index in [4.69, 9.17) is 4.98 Å². The number of aromatic nitrogens is 3. The Morgan fingerprint density at radius 3 is 1.65 bits per heavy atom. The summed E-state index contributed by atoms with van der Waals surface area (Å²) in [6.07, 6.45) is 3.70. The van der Waals surface area contributed by atoms with Crippen LogP contribution < -0.4 is 0 Å². The van der Waals surface area contributed by atoms with E-state index in [0.717, 1.165) is 33.0 Å². The third-order valence-electron chi connectivity index (χ3n) is 10.7. The first-order chi connectivity index (χ1) is 25.0. The highest BCUT2D eigenvalue weighted by atomic mass is 14.7. The predicted molar refractivity (Wildman–Crippen MR) is 212 cm³/mol. The molecule has 0 fully saturated rings. The van der Waals surface area contributed by atoms with Crippen LogP contribution in [-0.4, -0.2) is 15.0 Å². The highest BCUT2D eigenvalue weighted by molar-refractivity contribution is 6.02. The van der Waals surface area contributed by atoms with Crippen molar-refractivity contribution in [2.45, 2.75) is 19.3 Å². The first-order valence-electron chi connectivity index (χ1n) is 17.5. The van der Waals surface area contributed by atoms with E-state index < -0.39 is 0 Å². The SMILES string of the molecule is CC1(C)c2ccccc2-c2nc3ccccc3c(-c3ccc(-c4cc(-c5ccc6ncccc6c5)cc(-c5ccc6ncccc6c5)c4)cc3)c21. The Morgan fingerprint density at radius 1 is 0.431 bits per heavy atom. The van der Waals surface area contributed by atoms with Crippen molar-refractivity contribution in [2.75, 3.05) is 0 Å². The molecule has 0 N–H and O–H groups in total. The minimum Gasteiger partial charge on any atom is -0.256 e. The molecule has 3 aromatic heterocycles. The van der Waals surface area contributed by atoms with Gasteiger partial charge < -0.3 is 0 Å². The molecule has 1 aliphatic carbocycles. The van der Waals surface area contributed by atoms with Crippen molar-refractivity contribution in [3.63, 3.8) is 0 Å². The molecule has 0 atom stereocenters. The Balaban J connectivity index is 1.14. The van der Waals surface area contributed by atoms with Gasteiger partial charge in [-0.3, -0.25) is 9.97 Å². The summed E-state index contributed by atoms with van der Waals surface area (Å²) in [4.78, 5) is 14.4. The van der Waals surface area contributed by atoms with Gasteiger partial charge in [-0.2, -0.15) is 0 Å². The van der Waals surface area contributed by atoms with E-state index in [0.29, 0.717) is 0 Å². The van der Waals surface area contributed by atoms with Crippen LogP contribution in [0.2, 0.25) is 0 Å². The van der Waals surface area contributed by atoms with Crippen LogP contribution in [0.3, 0.4) is 0 Å².